The van der Waals surface area contributed by atoms with E-state index in [4.69, 9.17) is 4.74 Å². The maximum Gasteiger partial charge on any atom is 0.257 e. The third-order valence-corrected chi connectivity index (χ3v) is 4.68. The number of carbonyl (C=O) groups excluding carboxylic acids is 1. The monoisotopic (exact) mass is 331 g/mol. The fourth-order valence-electron chi connectivity index (χ4n) is 2.87. The van der Waals surface area contributed by atoms with Gasteiger partial charge in [0, 0.05) is 18.5 Å². The van der Waals surface area contributed by atoms with Gasteiger partial charge in [-0.15, -0.1) is 11.3 Å². The number of nitrogens with zero attached hydrogens (tertiary/aromatic N) is 2. The first-order valence-electron chi connectivity index (χ1n) is 7.80. The Morgan fingerprint density at radius 1 is 1.48 bits per heavy atom. The van der Waals surface area contributed by atoms with Gasteiger partial charge in [-0.05, 0) is 38.1 Å². The number of ether oxygens (including phenoxy) is 1. The van der Waals surface area contributed by atoms with Gasteiger partial charge in [-0.1, -0.05) is 12.1 Å². The number of rotatable bonds is 6. The minimum Gasteiger partial charge on any atom is -0.486 e. The first-order valence-corrected chi connectivity index (χ1v) is 8.75. The molecule has 0 aliphatic carbocycles. The van der Waals surface area contributed by atoms with E-state index in [0.29, 0.717) is 23.8 Å². The van der Waals surface area contributed by atoms with Gasteiger partial charge in [-0.2, -0.15) is 0 Å². The number of aromatic nitrogens is 1. The zero-order chi connectivity index (χ0) is 16.1. The number of likely N-dealkylation sites (tertiary alicyclic amines) is 1. The molecule has 6 heteroatoms. The Balaban J connectivity index is 1.68. The molecule has 23 heavy (non-hydrogen) atoms. The third kappa shape index (κ3) is 3.89. The predicted molar refractivity (Wildman–Crippen MR) is 90.8 cm³/mol. The molecule has 1 N–H and O–H groups in total. The molecule has 0 saturated carbocycles. The highest BCUT2D eigenvalue weighted by Crippen LogP contribution is 2.24. The Labute approximate surface area is 140 Å². The standard InChI is InChI=1S/C17H21N3O2S/c1-18-8-13-6-7-20(9-13)17(21)15-4-2-3-5-16(15)22-10-14-11-23-12-19-14/h2-5,11-13,18H,6-10H2,1H3. The SMILES string of the molecule is CNCC1CCN(C(=O)c2ccccc2OCc2cscn2)C1. The molecule has 1 aliphatic rings. The molecule has 0 radical (unpaired) electrons. The maximum atomic E-state index is 12.8. The number of benzene rings is 1. The Bertz CT molecular complexity index is 645. The lowest BCUT2D eigenvalue weighted by Crippen LogP contribution is -2.30. The summed E-state index contributed by atoms with van der Waals surface area (Å²) in [4.78, 5) is 18.9. The number of thiazole rings is 1. The quantitative estimate of drug-likeness (QED) is 0.883. The Kier molecular flexibility index (Phi) is 5.25. The molecule has 0 spiro atoms. The zero-order valence-corrected chi connectivity index (χ0v) is 14.0. The summed E-state index contributed by atoms with van der Waals surface area (Å²) in [5.74, 6) is 1.21. The van der Waals surface area contributed by atoms with Crippen LogP contribution in [0.15, 0.2) is 35.2 Å². The van der Waals surface area contributed by atoms with E-state index in [0.717, 1.165) is 31.7 Å². The first-order chi connectivity index (χ1) is 11.3. The van der Waals surface area contributed by atoms with Crippen molar-refractivity contribution >= 4 is 17.2 Å². The molecule has 1 saturated heterocycles. The van der Waals surface area contributed by atoms with Crippen molar-refractivity contribution in [2.24, 2.45) is 5.92 Å². The molecule has 1 unspecified atom stereocenters. The summed E-state index contributed by atoms with van der Waals surface area (Å²) in [5.41, 5.74) is 3.29. The van der Waals surface area contributed by atoms with Gasteiger partial charge in [-0.3, -0.25) is 4.79 Å². The average molecular weight is 331 g/mol. The van der Waals surface area contributed by atoms with Crippen LogP contribution in [-0.2, 0) is 6.61 Å². The highest BCUT2D eigenvalue weighted by molar-refractivity contribution is 7.07. The van der Waals surface area contributed by atoms with E-state index in [2.05, 4.69) is 10.3 Å². The molecule has 1 aromatic heterocycles. The van der Waals surface area contributed by atoms with Crippen LogP contribution in [0, 0.1) is 5.92 Å². The van der Waals surface area contributed by atoms with Crippen molar-refractivity contribution in [3.63, 3.8) is 0 Å². The molecule has 5 nitrogen and oxygen atoms in total. The van der Waals surface area contributed by atoms with Gasteiger partial charge >= 0.3 is 0 Å². The topological polar surface area (TPSA) is 54.5 Å². The molecule has 2 aromatic rings. The number of hydrogen-bond donors (Lipinski definition) is 1. The Morgan fingerprint density at radius 2 is 2.35 bits per heavy atom. The molecule has 1 fully saturated rings. The highest BCUT2D eigenvalue weighted by atomic mass is 32.1. The van der Waals surface area contributed by atoms with Crippen LogP contribution in [0.4, 0.5) is 0 Å². The van der Waals surface area contributed by atoms with Crippen molar-refractivity contribution in [2.45, 2.75) is 13.0 Å². The van der Waals surface area contributed by atoms with Crippen molar-refractivity contribution < 1.29 is 9.53 Å². The van der Waals surface area contributed by atoms with Gasteiger partial charge in [0.1, 0.15) is 12.4 Å². The second-order valence-corrected chi connectivity index (χ2v) is 6.45. The van der Waals surface area contributed by atoms with Gasteiger partial charge in [0.15, 0.2) is 0 Å². The largest absolute Gasteiger partial charge is 0.486 e. The number of carbonyl (C=O) groups is 1. The van der Waals surface area contributed by atoms with E-state index in [1.54, 1.807) is 5.51 Å². The normalized spacial score (nSPS) is 17.4. The lowest BCUT2D eigenvalue weighted by Gasteiger charge is -2.18. The summed E-state index contributed by atoms with van der Waals surface area (Å²) >= 11 is 1.54. The summed E-state index contributed by atoms with van der Waals surface area (Å²) < 4.78 is 5.82. The van der Waals surface area contributed by atoms with Crippen LogP contribution in [0.3, 0.4) is 0 Å². The van der Waals surface area contributed by atoms with Crippen molar-refractivity contribution in [1.82, 2.24) is 15.2 Å². The molecular formula is C17H21N3O2S. The molecule has 1 atom stereocenters. The van der Waals surface area contributed by atoms with Gasteiger partial charge in [0.05, 0.1) is 16.8 Å². The summed E-state index contributed by atoms with van der Waals surface area (Å²) in [6.07, 6.45) is 1.05. The average Bonchev–Trinajstić information content (AvgIpc) is 3.25. The first kappa shape index (κ1) is 16.0. The molecule has 1 aliphatic heterocycles. The van der Waals surface area contributed by atoms with E-state index < -0.39 is 0 Å². The number of amides is 1. The molecule has 1 aromatic carbocycles. The molecule has 2 heterocycles. The number of hydrogen-bond acceptors (Lipinski definition) is 5. The fourth-order valence-corrected chi connectivity index (χ4v) is 3.42. The van der Waals surface area contributed by atoms with Crippen molar-refractivity contribution in [2.75, 3.05) is 26.7 Å². The maximum absolute atomic E-state index is 12.8. The molecule has 0 bridgehead atoms. The van der Waals surface area contributed by atoms with Gasteiger partial charge < -0.3 is 15.0 Å². The Morgan fingerprint density at radius 3 is 3.13 bits per heavy atom. The van der Waals surface area contributed by atoms with E-state index in [1.807, 2.05) is 41.6 Å². The lowest BCUT2D eigenvalue weighted by atomic mass is 10.1. The minimum atomic E-state index is 0.0532. The summed E-state index contributed by atoms with van der Waals surface area (Å²) in [6, 6.07) is 7.45. The second kappa shape index (κ2) is 7.57. The summed E-state index contributed by atoms with van der Waals surface area (Å²) in [6.45, 7) is 2.95. The lowest BCUT2D eigenvalue weighted by molar-refractivity contribution is 0.0782. The van der Waals surface area contributed by atoms with Crippen LogP contribution in [0.5, 0.6) is 5.75 Å². The van der Waals surface area contributed by atoms with Crippen LogP contribution in [-0.4, -0.2) is 42.5 Å². The Hall–Kier alpha value is -1.92. The predicted octanol–water partition coefficient (Wildman–Crippen LogP) is 2.40. The summed E-state index contributed by atoms with van der Waals surface area (Å²) in [5, 5.41) is 5.14. The molecular weight excluding hydrogens is 310 g/mol. The second-order valence-electron chi connectivity index (χ2n) is 5.73. The van der Waals surface area contributed by atoms with Crippen LogP contribution >= 0.6 is 11.3 Å². The molecule has 122 valence electrons. The molecule has 3 rings (SSSR count). The van der Waals surface area contributed by atoms with Crippen molar-refractivity contribution in [3.05, 3.63) is 46.4 Å². The summed E-state index contributed by atoms with van der Waals surface area (Å²) in [7, 11) is 1.95. The van der Waals surface area contributed by atoms with Gasteiger partial charge in [0.25, 0.3) is 5.91 Å². The highest BCUT2D eigenvalue weighted by Gasteiger charge is 2.27. The van der Waals surface area contributed by atoms with E-state index in [-0.39, 0.29) is 5.91 Å². The van der Waals surface area contributed by atoms with E-state index >= 15 is 0 Å². The number of nitrogens with one attached hydrogen (secondary N) is 1. The third-order valence-electron chi connectivity index (χ3n) is 4.04. The van der Waals surface area contributed by atoms with Crippen LogP contribution in [0.2, 0.25) is 0 Å². The van der Waals surface area contributed by atoms with E-state index in [1.165, 1.54) is 11.3 Å². The van der Waals surface area contributed by atoms with Crippen molar-refractivity contribution in [1.29, 1.82) is 0 Å². The van der Waals surface area contributed by atoms with Crippen LogP contribution in [0.1, 0.15) is 22.5 Å². The zero-order valence-electron chi connectivity index (χ0n) is 13.2. The van der Waals surface area contributed by atoms with Crippen LogP contribution < -0.4 is 10.1 Å². The van der Waals surface area contributed by atoms with Crippen LogP contribution in [0.25, 0.3) is 0 Å². The minimum absolute atomic E-state index is 0.0532. The molecule has 1 amide bonds. The van der Waals surface area contributed by atoms with Gasteiger partial charge in [-0.25, -0.2) is 4.98 Å². The fraction of sp³-hybridized carbons (Fsp3) is 0.412. The number of para-hydroxylation sites is 1. The van der Waals surface area contributed by atoms with Crippen molar-refractivity contribution in [3.8, 4) is 5.75 Å². The van der Waals surface area contributed by atoms with E-state index in [9.17, 15) is 4.79 Å². The smallest absolute Gasteiger partial charge is 0.257 e. The van der Waals surface area contributed by atoms with Gasteiger partial charge in [0.2, 0.25) is 0 Å².